The fraction of sp³-hybridized carbons (Fsp3) is 0.211. The van der Waals surface area contributed by atoms with E-state index >= 15 is 0 Å². The fourth-order valence-electron chi connectivity index (χ4n) is 1.97. The van der Waals surface area contributed by atoms with E-state index in [0.29, 0.717) is 22.2 Å². The van der Waals surface area contributed by atoms with E-state index in [4.69, 9.17) is 27.9 Å². The molecule has 0 radical (unpaired) electrons. The van der Waals surface area contributed by atoms with Gasteiger partial charge in [-0.25, -0.2) is 0 Å². The van der Waals surface area contributed by atoms with Gasteiger partial charge in [0.2, 0.25) is 0 Å². The van der Waals surface area contributed by atoms with Crippen molar-refractivity contribution in [2.24, 2.45) is 0 Å². The van der Waals surface area contributed by atoms with E-state index in [2.05, 4.69) is 4.90 Å². The summed E-state index contributed by atoms with van der Waals surface area (Å²) in [6.07, 6.45) is 3.24. The molecule has 2 aromatic carbocycles. The van der Waals surface area contributed by atoms with Gasteiger partial charge in [-0.1, -0.05) is 41.4 Å². The summed E-state index contributed by atoms with van der Waals surface area (Å²) in [6.45, 7) is 1.49. The number of nitrogens with zero attached hydrogens (tertiary/aromatic N) is 1. The van der Waals surface area contributed by atoms with Crippen LogP contribution in [-0.2, 0) is 0 Å². The van der Waals surface area contributed by atoms with E-state index < -0.39 is 0 Å². The van der Waals surface area contributed by atoms with Gasteiger partial charge in [0, 0.05) is 17.1 Å². The monoisotopic (exact) mass is 363 g/mol. The molecule has 3 nitrogen and oxygen atoms in total. The highest BCUT2D eigenvalue weighted by molar-refractivity contribution is 6.37. The van der Waals surface area contributed by atoms with E-state index in [9.17, 15) is 4.79 Å². The summed E-state index contributed by atoms with van der Waals surface area (Å²) in [5.41, 5.74) is 1.34. The summed E-state index contributed by atoms with van der Waals surface area (Å²) < 4.78 is 5.63. The average molecular weight is 364 g/mol. The van der Waals surface area contributed by atoms with Crippen LogP contribution in [0.25, 0.3) is 6.08 Å². The maximum Gasteiger partial charge on any atom is 0.187 e. The van der Waals surface area contributed by atoms with Gasteiger partial charge in [-0.15, -0.1) is 0 Å². The van der Waals surface area contributed by atoms with Gasteiger partial charge >= 0.3 is 0 Å². The third kappa shape index (κ3) is 5.68. The summed E-state index contributed by atoms with van der Waals surface area (Å²) in [4.78, 5) is 14.2. The minimum Gasteiger partial charge on any atom is -0.492 e. The van der Waals surface area contributed by atoms with Crippen LogP contribution < -0.4 is 4.74 Å². The molecule has 0 aliphatic heterocycles. The second-order valence-electron chi connectivity index (χ2n) is 5.54. The van der Waals surface area contributed by atoms with Gasteiger partial charge in [0.05, 0.1) is 5.02 Å². The van der Waals surface area contributed by atoms with Crippen LogP contribution in [0.15, 0.2) is 48.5 Å². The Labute approximate surface area is 152 Å². The van der Waals surface area contributed by atoms with Crippen molar-refractivity contribution in [2.45, 2.75) is 0 Å². The van der Waals surface area contributed by atoms with E-state index in [1.165, 1.54) is 6.08 Å². The van der Waals surface area contributed by atoms with Crippen molar-refractivity contribution in [1.29, 1.82) is 0 Å². The zero-order chi connectivity index (χ0) is 17.5. The van der Waals surface area contributed by atoms with Crippen LogP contribution in [0.3, 0.4) is 0 Å². The van der Waals surface area contributed by atoms with Gasteiger partial charge in [-0.05, 0) is 56.1 Å². The molecule has 0 heterocycles. The molecule has 0 aromatic heterocycles. The SMILES string of the molecule is CN(C)CCOc1ccc(/C=C/C(=O)c2ccc(Cl)cc2Cl)cc1. The molecule has 0 N–H and O–H groups in total. The number of rotatable bonds is 7. The van der Waals surface area contributed by atoms with Gasteiger partial charge < -0.3 is 9.64 Å². The minimum atomic E-state index is -0.164. The Morgan fingerprint density at radius 3 is 2.46 bits per heavy atom. The van der Waals surface area contributed by atoms with Gasteiger partial charge in [-0.2, -0.15) is 0 Å². The lowest BCUT2D eigenvalue weighted by atomic mass is 10.1. The molecular weight excluding hydrogens is 345 g/mol. The number of hydrogen-bond donors (Lipinski definition) is 0. The van der Waals surface area contributed by atoms with Crippen molar-refractivity contribution in [3.8, 4) is 5.75 Å². The largest absolute Gasteiger partial charge is 0.492 e. The zero-order valence-corrected chi connectivity index (χ0v) is 15.1. The first-order chi connectivity index (χ1) is 11.5. The molecule has 0 amide bonds. The number of ether oxygens (including phenoxy) is 1. The normalized spacial score (nSPS) is 11.2. The molecule has 0 unspecified atom stereocenters. The van der Waals surface area contributed by atoms with Crippen LogP contribution >= 0.6 is 23.2 Å². The molecule has 2 rings (SSSR count). The highest BCUT2D eigenvalue weighted by Crippen LogP contribution is 2.22. The van der Waals surface area contributed by atoms with Crippen molar-refractivity contribution in [1.82, 2.24) is 4.90 Å². The molecule has 0 aliphatic carbocycles. The molecule has 0 atom stereocenters. The molecule has 126 valence electrons. The van der Waals surface area contributed by atoms with E-state index in [1.54, 1.807) is 24.3 Å². The van der Waals surface area contributed by atoms with E-state index in [-0.39, 0.29) is 5.78 Å². The summed E-state index contributed by atoms with van der Waals surface area (Å²) in [5.74, 6) is 0.643. The first-order valence-corrected chi connectivity index (χ1v) is 8.26. The predicted molar refractivity (Wildman–Crippen MR) is 100 cm³/mol. The number of carbonyl (C=O) groups is 1. The van der Waals surface area contributed by atoms with Crippen LogP contribution in [-0.4, -0.2) is 37.9 Å². The number of likely N-dealkylation sites (N-methyl/N-ethyl adjacent to an activating group) is 1. The third-order valence-corrected chi connectivity index (χ3v) is 3.86. The maximum atomic E-state index is 12.2. The number of ketones is 1. The van der Waals surface area contributed by atoms with Crippen molar-refractivity contribution in [2.75, 3.05) is 27.2 Å². The Balaban J connectivity index is 1.97. The lowest BCUT2D eigenvalue weighted by molar-refractivity contribution is 0.104. The minimum absolute atomic E-state index is 0.164. The zero-order valence-electron chi connectivity index (χ0n) is 13.6. The molecule has 0 saturated carbocycles. The Bertz CT molecular complexity index is 725. The Hall–Kier alpha value is -1.81. The maximum absolute atomic E-state index is 12.2. The van der Waals surface area contributed by atoms with Crippen LogP contribution in [0.5, 0.6) is 5.75 Å². The standard InChI is InChI=1S/C19H19Cl2NO2/c1-22(2)11-12-24-16-7-3-14(4-8-16)5-10-19(23)17-9-6-15(20)13-18(17)21/h3-10,13H,11-12H2,1-2H3/b10-5+. The van der Waals surface area contributed by atoms with Gasteiger partial charge in [0.1, 0.15) is 12.4 Å². The van der Waals surface area contributed by atoms with Crippen molar-refractivity contribution >= 4 is 35.1 Å². The highest BCUT2D eigenvalue weighted by atomic mass is 35.5. The predicted octanol–water partition coefficient (Wildman–Crippen LogP) is 4.83. The summed E-state index contributed by atoms with van der Waals surface area (Å²) >= 11 is 11.9. The quantitative estimate of drug-likeness (QED) is 0.521. The van der Waals surface area contributed by atoms with Crippen LogP contribution in [0.2, 0.25) is 10.0 Å². The third-order valence-electron chi connectivity index (χ3n) is 3.31. The molecular formula is C19H19Cl2NO2. The smallest absolute Gasteiger partial charge is 0.187 e. The molecule has 0 saturated heterocycles. The molecule has 0 fully saturated rings. The number of allylic oxidation sites excluding steroid dienone is 1. The van der Waals surface area contributed by atoms with Gasteiger partial charge in [0.25, 0.3) is 0 Å². The van der Waals surface area contributed by atoms with Gasteiger partial charge in [-0.3, -0.25) is 4.79 Å². The van der Waals surface area contributed by atoms with Crippen molar-refractivity contribution < 1.29 is 9.53 Å². The summed E-state index contributed by atoms with van der Waals surface area (Å²) in [5, 5.41) is 0.854. The van der Waals surface area contributed by atoms with Gasteiger partial charge in [0.15, 0.2) is 5.78 Å². The molecule has 0 bridgehead atoms. The van der Waals surface area contributed by atoms with Crippen LogP contribution in [0.1, 0.15) is 15.9 Å². The molecule has 5 heteroatoms. The second kappa shape index (κ2) is 8.88. The number of benzene rings is 2. The van der Waals surface area contributed by atoms with Crippen LogP contribution in [0, 0.1) is 0 Å². The highest BCUT2D eigenvalue weighted by Gasteiger charge is 2.07. The second-order valence-corrected chi connectivity index (χ2v) is 6.39. The number of halogens is 2. The first kappa shape index (κ1) is 18.5. The van der Waals surface area contributed by atoms with E-state index in [0.717, 1.165) is 17.9 Å². The van der Waals surface area contributed by atoms with Crippen molar-refractivity contribution in [3.63, 3.8) is 0 Å². The Morgan fingerprint density at radius 1 is 1.12 bits per heavy atom. The van der Waals surface area contributed by atoms with Crippen molar-refractivity contribution in [3.05, 3.63) is 69.7 Å². The Kier molecular flexibility index (Phi) is 6.85. The topological polar surface area (TPSA) is 29.5 Å². The fourth-order valence-corrected chi connectivity index (χ4v) is 2.47. The number of carbonyl (C=O) groups excluding carboxylic acids is 1. The summed E-state index contributed by atoms with van der Waals surface area (Å²) in [7, 11) is 4.00. The molecule has 0 aliphatic rings. The lowest BCUT2D eigenvalue weighted by Crippen LogP contribution is -2.19. The average Bonchev–Trinajstić information content (AvgIpc) is 2.53. The lowest BCUT2D eigenvalue weighted by Gasteiger charge is -2.10. The molecule has 0 spiro atoms. The molecule has 24 heavy (non-hydrogen) atoms. The van der Waals surface area contributed by atoms with Crippen LogP contribution in [0.4, 0.5) is 0 Å². The molecule has 2 aromatic rings. The van der Waals surface area contributed by atoms with E-state index in [1.807, 2.05) is 38.4 Å². The Morgan fingerprint density at radius 2 is 1.83 bits per heavy atom. The summed E-state index contributed by atoms with van der Waals surface area (Å²) in [6, 6.07) is 12.4. The number of hydrogen-bond acceptors (Lipinski definition) is 3. The first-order valence-electron chi connectivity index (χ1n) is 7.51.